The van der Waals surface area contributed by atoms with E-state index in [0.29, 0.717) is 24.2 Å². The van der Waals surface area contributed by atoms with Gasteiger partial charge in [-0.05, 0) is 56.4 Å². The largest absolute Gasteiger partial charge is 0.356 e. The number of hydrogen-bond donors (Lipinski definition) is 2. The Kier molecular flexibility index (Phi) is 8.30. The van der Waals surface area contributed by atoms with Gasteiger partial charge in [-0.3, -0.25) is 14.4 Å². The third-order valence-corrected chi connectivity index (χ3v) is 4.91. The zero-order chi connectivity index (χ0) is 19.6. The van der Waals surface area contributed by atoms with Crippen molar-refractivity contribution in [2.45, 2.75) is 64.8 Å². The monoisotopic (exact) mass is 373 g/mol. The topological polar surface area (TPSA) is 78.5 Å². The van der Waals surface area contributed by atoms with Crippen LogP contribution >= 0.6 is 0 Å². The summed E-state index contributed by atoms with van der Waals surface area (Å²) in [5, 5.41) is 5.68. The lowest BCUT2D eigenvalue weighted by atomic mass is 9.98. The van der Waals surface area contributed by atoms with E-state index in [1.54, 1.807) is 24.3 Å². The van der Waals surface area contributed by atoms with Gasteiger partial charge in [0.15, 0.2) is 0 Å². The molecule has 2 N–H and O–H groups in total. The number of hydrogen-bond acceptors (Lipinski definition) is 3. The van der Waals surface area contributed by atoms with Crippen LogP contribution in [0.25, 0.3) is 0 Å². The van der Waals surface area contributed by atoms with Gasteiger partial charge in [-0.15, -0.1) is 0 Å². The number of carbonyl (C=O) groups is 3. The van der Waals surface area contributed by atoms with Gasteiger partial charge in [0.05, 0.1) is 0 Å². The fourth-order valence-electron chi connectivity index (χ4n) is 3.41. The van der Waals surface area contributed by atoms with Crippen molar-refractivity contribution in [2.24, 2.45) is 0 Å². The van der Waals surface area contributed by atoms with Gasteiger partial charge in [0.25, 0.3) is 5.91 Å². The summed E-state index contributed by atoms with van der Waals surface area (Å²) in [7, 11) is 0. The standard InChI is InChI=1S/C21H31N3O3/c1-3-4-8-20(26)23-18-11-9-17(10-12-18)21(27)24-15-6-5-7-19(24)13-14-22-16(2)25/h9-12,19H,3-8,13-15H2,1-2H3,(H,22,25)(H,23,26)/t19-/m0/s1. The number of piperidine rings is 1. The molecular weight excluding hydrogens is 342 g/mol. The van der Waals surface area contributed by atoms with Crippen LogP contribution < -0.4 is 10.6 Å². The Morgan fingerprint density at radius 3 is 2.56 bits per heavy atom. The molecule has 1 aromatic rings. The molecule has 0 saturated carbocycles. The molecule has 1 aliphatic heterocycles. The molecule has 1 fully saturated rings. The highest BCUT2D eigenvalue weighted by Crippen LogP contribution is 2.22. The van der Waals surface area contributed by atoms with Gasteiger partial charge in [-0.25, -0.2) is 0 Å². The van der Waals surface area contributed by atoms with Crippen LogP contribution in [0.4, 0.5) is 5.69 Å². The Bertz CT molecular complexity index is 643. The Balaban J connectivity index is 1.95. The molecule has 0 radical (unpaired) electrons. The Morgan fingerprint density at radius 1 is 1.15 bits per heavy atom. The summed E-state index contributed by atoms with van der Waals surface area (Å²) in [4.78, 5) is 37.7. The van der Waals surface area contributed by atoms with Crippen molar-refractivity contribution >= 4 is 23.4 Å². The first kappa shape index (κ1) is 20.9. The van der Waals surface area contributed by atoms with Crippen LogP contribution in [0.1, 0.15) is 69.2 Å². The van der Waals surface area contributed by atoms with E-state index in [1.165, 1.54) is 6.92 Å². The third kappa shape index (κ3) is 6.70. The molecule has 1 atom stereocenters. The lowest BCUT2D eigenvalue weighted by Crippen LogP contribution is -2.45. The van der Waals surface area contributed by atoms with Crippen LogP contribution in [0.15, 0.2) is 24.3 Å². The van der Waals surface area contributed by atoms with Gasteiger partial charge in [0.1, 0.15) is 0 Å². The molecule has 0 unspecified atom stereocenters. The van der Waals surface area contributed by atoms with E-state index in [2.05, 4.69) is 17.6 Å². The summed E-state index contributed by atoms with van der Waals surface area (Å²) in [6.45, 7) is 4.90. The Hall–Kier alpha value is -2.37. The van der Waals surface area contributed by atoms with Crippen molar-refractivity contribution in [2.75, 3.05) is 18.4 Å². The minimum absolute atomic E-state index is 0.00462. The second-order valence-electron chi connectivity index (χ2n) is 7.15. The molecule has 1 heterocycles. The van der Waals surface area contributed by atoms with E-state index in [0.717, 1.165) is 45.1 Å². The number of benzene rings is 1. The van der Waals surface area contributed by atoms with Crippen LogP contribution in [-0.2, 0) is 9.59 Å². The number of carbonyl (C=O) groups excluding carboxylic acids is 3. The molecule has 27 heavy (non-hydrogen) atoms. The van der Waals surface area contributed by atoms with E-state index >= 15 is 0 Å². The van der Waals surface area contributed by atoms with E-state index in [4.69, 9.17) is 0 Å². The van der Waals surface area contributed by atoms with E-state index in [-0.39, 0.29) is 23.8 Å². The van der Waals surface area contributed by atoms with Gasteiger partial charge in [-0.2, -0.15) is 0 Å². The van der Waals surface area contributed by atoms with Crippen LogP contribution in [0, 0.1) is 0 Å². The molecule has 6 nitrogen and oxygen atoms in total. The first-order valence-corrected chi connectivity index (χ1v) is 9.96. The van der Waals surface area contributed by atoms with Crippen molar-refractivity contribution in [1.29, 1.82) is 0 Å². The molecule has 1 saturated heterocycles. The minimum atomic E-state index is -0.0414. The number of nitrogens with zero attached hydrogens (tertiary/aromatic N) is 1. The average molecular weight is 373 g/mol. The predicted octanol–water partition coefficient (Wildman–Crippen LogP) is 3.34. The minimum Gasteiger partial charge on any atom is -0.356 e. The van der Waals surface area contributed by atoms with Crippen LogP contribution in [0.3, 0.4) is 0 Å². The van der Waals surface area contributed by atoms with Gasteiger partial charge < -0.3 is 15.5 Å². The smallest absolute Gasteiger partial charge is 0.254 e. The summed E-state index contributed by atoms with van der Waals surface area (Å²) in [6.07, 6.45) is 6.23. The maximum Gasteiger partial charge on any atom is 0.254 e. The molecule has 0 spiro atoms. The molecule has 6 heteroatoms. The van der Waals surface area contributed by atoms with Gasteiger partial charge in [0, 0.05) is 43.7 Å². The number of rotatable bonds is 8. The summed E-state index contributed by atoms with van der Waals surface area (Å²) in [6, 6.07) is 7.28. The van der Waals surface area contributed by atoms with Gasteiger partial charge in [-0.1, -0.05) is 13.3 Å². The summed E-state index contributed by atoms with van der Waals surface area (Å²) >= 11 is 0. The first-order chi connectivity index (χ1) is 13.0. The second-order valence-corrected chi connectivity index (χ2v) is 7.15. The summed E-state index contributed by atoms with van der Waals surface area (Å²) in [5.41, 5.74) is 1.35. The third-order valence-electron chi connectivity index (χ3n) is 4.91. The lowest BCUT2D eigenvalue weighted by Gasteiger charge is -2.36. The van der Waals surface area contributed by atoms with E-state index in [9.17, 15) is 14.4 Å². The van der Waals surface area contributed by atoms with Crippen molar-refractivity contribution in [3.8, 4) is 0 Å². The molecule has 3 amide bonds. The number of nitrogens with one attached hydrogen (secondary N) is 2. The summed E-state index contributed by atoms with van der Waals surface area (Å²) < 4.78 is 0. The quantitative estimate of drug-likeness (QED) is 0.733. The average Bonchev–Trinajstić information content (AvgIpc) is 2.66. The second kappa shape index (κ2) is 10.7. The van der Waals surface area contributed by atoms with Crippen LogP contribution in [0.5, 0.6) is 0 Å². The maximum absolute atomic E-state index is 12.9. The number of unbranched alkanes of at least 4 members (excludes halogenated alkanes) is 1. The van der Waals surface area contributed by atoms with E-state index < -0.39 is 0 Å². The highest BCUT2D eigenvalue weighted by atomic mass is 16.2. The first-order valence-electron chi connectivity index (χ1n) is 9.96. The van der Waals surface area contributed by atoms with Gasteiger partial charge in [0.2, 0.25) is 11.8 Å². The highest BCUT2D eigenvalue weighted by molar-refractivity contribution is 5.96. The molecule has 148 valence electrons. The number of likely N-dealkylation sites (tertiary alicyclic amines) is 1. The normalized spacial score (nSPS) is 16.7. The van der Waals surface area contributed by atoms with Crippen molar-refractivity contribution in [3.05, 3.63) is 29.8 Å². The predicted molar refractivity (Wildman–Crippen MR) is 107 cm³/mol. The molecule has 0 aromatic heterocycles. The maximum atomic E-state index is 12.9. The molecule has 2 rings (SSSR count). The van der Waals surface area contributed by atoms with Crippen molar-refractivity contribution < 1.29 is 14.4 Å². The van der Waals surface area contributed by atoms with Crippen molar-refractivity contribution in [3.63, 3.8) is 0 Å². The van der Waals surface area contributed by atoms with Gasteiger partial charge >= 0.3 is 0 Å². The summed E-state index contributed by atoms with van der Waals surface area (Å²) in [5.74, 6) is -0.0170. The SMILES string of the molecule is CCCCC(=O)Nc1ccc(C(=O)N2CCCC[C@H]2CCNC(C)=O)cc1. The fraction of sp³-hybridized carbons (Fsp3) is 0.571. The fourth-order valence-corrected chi connectivity index (χ4v) is 3.41. The molecule has 1 aromatic carbocycles. The van der Waals surface area contributed by atoms with Crippen LogP contribution in [0.2, 0.25) is 0 Å². The molecular formula is C21H31N3O3. The zero-order valence-electron chi connectivity index (χ0n) is 16.4. The highest BCUT2D eigenvalue weighted by Gasteiger charge is 2.27. The molecule has 0 aliphatic carbocycles. The molecule has 1 aliphatic rings. The van der Waals surface area contributed by atoms with Crippen LogP contribution in [-0.4, -0.2) is 41.8 Å². The lowest BCUT2D eigenvalue weighted by molar-refractivity contribution is -0.119. The molecule has 0 bridgehead atoms. The number of anilines is 1. The Morgan fingerprint density at radius 2 is 1.89 bits per heavy atom. The Labute approximate surface area is 161 Å². The van der Waals surface area contributed by atoms with Crippen molar-refractivity contribution in [1.82, 2.24) is 10.2 Å². The number of amides is 3. The zero-order valence-corrected chi connectivity index (χ0v) is 16.4. The van der Waals surface area contributed by atoms with E-state index in [1.807, 2.05) is 4.90 Å².